The van der Waals surface area contributed by atoms with E-state index < -0.39 is 16.1 Å². The second-order valence-corrected chi connectivity index (χ2v) is 7.62. The van der Waals surface area contributed by atoms with Gasteiger partial charge < -0.3 is 15.7 Å². The van der Waals surface area contributed by atoms with E-state index in [4.69, 9.17) is 5.73 Å². The third-order valence-corrected chi connectivity index (χ3v) is 5.62. The average Bonchev–Trinajstić information content (AvgIpc) is 2.79. The van der Waals surface area contributed by atoms with Gasteiger partial charge in [0.05, 0.1) is 11.0 Å². The Bertz CT molecular complexity index is 572. The van der Waals surface area contributed by atoms with Gasteiger partial charge in [0, 0.05) is 25.7 Å². The number of hydrogen-bond donors (Lipinski definition) is 2. The first kappa shape index (κ1) is 16.4. The molecule has 3 N–H and O–H groups in total. The highest BCUT2D eigenvalue weighted by Crippen LogP contribution is 2.26. The van der Waals surface area contributed by atoms with Gasteiger partial charge in [-0.1, -0.05) is 12.1 Å². The van der Waals surface area contributed by atoms with Gasteiger partial charge in [0.25, 0.3) is 0 Å². The minimum Gasteiger partial charge on any atom is -0.392 e. The molecule has 1 aromatic carbocycles. The molecular weight excluding hydrogens is 290 g/mol. The van der Waals surface area contributed by atoms with Crippen molar-refractivity contribution in [2.24, 2.45) is 5.73 Å². The van der Waals surface area contributed by atoms with Gasteiger partial charge in [-0.05, 0) is 38.2 Å². The van der Waals surface area contributed by atoms with E-state index in [0.717, 1.165) is 5.56 Å². The maximum Gasteiger partial charge on any atom is 0.243 e. The van der Waals surface area contributed by atoms with Crippen molar-refractivity contribution in [2.45, 2.75) is 30.0 Å². The molecule has 0 bridgehead atoms. The Kier molecular flexibility index (Phi) is 5.00. The van der Waals surface area contributed by atoms with Gasteiger partial charge in [0.15, 0.2) is 0 Å². The van der Waals surface area contributed by atoms with Crippen LogP contribution < -0.4 is 5.73 Å². The molecule has 1 fully saturated rings. The minimum atomic E-state index is -3.59. The zero-order chi connectivity index (χ0) is 15.6. The van der Waals surface area contributed by atoms with Crippen LogP contribution in [0.1, 0.15) is 12.0 Å². The molecule has 1 saturated heterocycles. The van der Waals surface area contributed by atoms with Crippen molar-refractivity contribution in [1.82, 2.24) is 9.21 Å². The molecule has 0 spiro atoms. The molecule has 6 nitrogen and oxygen atoms in total. The number of aliphatic hydroxyl groups is 1. The third-order valence-electron chi connectivity index (χ3n) is 3.68. The fourth-order valence-electron chi connectivity index (χ4n) is 2.68. The Balaban J connectivity index is 2.27. The smallest absolute Gasteiger partial charge is 0.243 e. The maximum atomic E-state index is 12.7. The Morgan fingerprint density at radius 3 is 2.48 bits per heavy atom. The molecule has 0 amide bonds. The monoisotopic (exact) mass is 313 g/mol. The number of hydrogen-bond acceptors (Lipinski definition) is 5. The summed E-state index contributed by atoms with van der Waals surface area (Å²) in [5.74, 6) is 0. The summed E-state index contributed by atoms with van der Waals surface area (Å²) in [6.45, 7) is 1.13. The lowest BCUT2D eigenvalue weighted by Gasteiger charge is -2.26. The molecule has 1 aromatic rings. The fraction of sp³-hybridized carbons (Fsp3) is 0.571. The van der Waals surface area contributed by atoms with Crippen molar-refractivity contribution in [3.05, 3.63) is 29.8 Å². The molecule has 0 radical (unpaired) electrons. The first-order valence-corrected chi connectivity index (χ1v) is 8.42. The van der Waals surface area contributed by atoms with Gasteiger partial charge in [-0.15, -0.1) is 0 Å². The van der Waals surface area contributed by atoms with Crippen LogP contribution in [0.5, 0.6) is 0 Å². The van der Waals surface area contributed by atoms with Crippen LogP contribution in [-0.2, 0) is 16.6 Å². The summed E-state index contributed by atoms with van der Waals surface area (Å²) in [5.41, 5.74) is 6.42. The standard InChI is InChI=1S/C14H23N3O3S/c1-16(2)9-12-7-13(18)10-17(12)21(19,20)14-5-3-11(8-15)4-6-14/h3-6,12-13,18H,7-10,15H2,1-2H3. The van der Waals surface area contributed by atoms with Crippen molar-refractivity contribution >= 4 is 10.0 Å². The highest BCUT2D eigenvalue weighted by atomic mass is 32.2. The van der Waals surface area contributed by atoms with E-state index in [0.29, 0.717) is 19.5 Å². The lowest BCUT2D eigenvalue weighted by atomic mass is 10.2. The second-order valence-electron chi connectivity index (χ2n) is 5.73. The van der Waals surface area contributed by atoms with Crippen LogP contribution in [0.25, 0.3) is 0 Å². The number of sulfonamides is 1. The molecule has 1 aliphatic heterocycles. The van der Waals surface area contributed by atoms with Crippen molar-refractivity contribution in [2.75, 3.05) is 27.2 Å². The van der Waals surface area contributed by atoms with E-state index in [-0.39, 0.29) is 17.5 Å². The number of nitrogens with two attached hydrogens (primary N) is 1. The quantitative estimate of drug-likeness (QED) is 0.788. The number of aliphatic hydroxyl groups excluding tert-OH is 1. The van der Waals surface area contributed by atoms with E-state index in [1.54, 1.807) is 24.3 Å². The van der Waals surface area contributed by atoms with Gasteiger partial charge in [0.2, 0.25) is 10.0 Å². The van der Waals surface area contributed by atoms with E-state index in [2.05, 4.69) is 0 Å². The highest BCUT2D eigenvalue weighted by molar-refractivity contribution is 7.89. The fourth-order valence-corrected chi connectivity index (χ4v) is 4.34. The van der Waals surface area contributed by atoms with Crippen molar-refractivity contribution < 1.29 is 13.5 Å². The van der Waals surface area contributed by atoms with Crippen LogP contribution in [0.15, 0.2) is 29.2 Å². The SMILES string of the molecule is CN(C)CC1CC(O)CN1S(=O)(=O)c1ccc(CN)cc1. The lowest BCUT2D eigenvalue weighted by Crippen LogP contribution is -2.41. The maximum absolute atomic E-state index is 12.7. The summed E-state index contributed by atoms with van der Waals surface area (Å²) in [6, 6.07) is 6.40. The largest absolute Gasteiger partial charge is 0.392 e. The van der Waals surface area contributed by atoms with Gasteiger partial charge in [-0.3, -0.25) is 0 Å². The van der Waals surface area contributed by atoms with Crippen LogP contribution >= 0.6 is 0 Å². The summed E-state index contributed by atoms with van der Waals surface area (Å²) in [6.07, 6.45) is -0.133. The third kappa shape index (κ3) is 3.61. The zero-order valence-electron chi connectivity index (χ0n) is 12.4. The molecule has 0 saturated carbocycles. The molecule has 2 unspecified atom stereocenters. The predicted octanol–water partition coefficient (Wildman–Crippen LogP) is -0.169. The predicted molar refractivity (Wildman–Crippen MR) is 81.2 cm³/mol. The summed E-state index contributed by atoms with van der Waals surface area (Å²) >= 11 is 0. The Morgan fingerprint density at radius 2 is 1.95 bits per heavy atom. The first-order chi connectivity index (χ1) is 9.84. The van der Waals surface area contributed by atoms with Gasteiger partial charge in [0.1, 0.15) is 0 Å². The van der Waals surface area contributed by atoms with Crippen molar-refractivity contribution in [3.8, 4) is 0 Å². The molecule has 7 heteroatoms. The zero-order valence-corrected chi connectivity index (χ0v) is 13.3. The van der Waals surface area contributed by atoms with Crippen LogP contribution in [0.3, 0.4) is 0 Å². The Hall–Kier alpha value is -0.990. The minimum absolute atomic E-state index is 0.152. The van der Waals surface area contributed by atoms with Crippen LogP contribution in [0.4, 0.5) is 0 Å². The van der Waals surface area contributed by atoms with Crippen molar-refractivity contribution in [3.63, 3.8) is 0 Å². The van der Waals surface area contributed by atoms with Crippen LogP contribution in [0.2, 0.25) is 0 Å². The van der Waals surface area contributed by atoms with E-state index in [1.807, 2.05) is 19.0 Å². The van der Waals surface area contributed by atoms with E-state index in [9.17, 15) is 13.5 Å². The van der Waals surface area contributed by atoms with E-state index in [1.165, 1.54) is 4.31 Å². The normalized spacial score (nSPS) is 23.9. The number of rotatable bonds is 5. The number of nitrogens with zero attached hydrogens (tertiary/aromatic N) is 2. The molecule has 1 heterocycles. The summed E-state index contributed by atoms with van der Waals surface area (Å²) in [7, 11) is 0.203. The first-order valence-electron chi connectivity index (χ1n) is 6.98. The Morgan fingerprint density at radius 1 is 1.33 bits per heavy atom. The number of β-amino-alcohol motifs (C(OH)–C–C–N with tert-alkyl or cyclic N) is 1. The molecule has 2 rings (SSSR count). The lowest BCUT2D eigenvalue weighted by molar-refractivity contribution is 0.188. The van der Waals surface area contributed by atoms with Crippen molar-refractivity contribution in [1.29, 1.82) is 0 Å². The molecule has 0 aromatic heterocycles. The molecule has 0 aliphatic carbocycles. The Labute approximate surface area is 126 Å². The van der Waals surface area contributed by atoms with Crippen LogP contribution in [-0.4, -0.2) is 62.1 Å². The molecule has 1 aliphatic rings. The van der Waals surface area contributed by atoms with Gasteiger partial charge in [-0.25, -0.2) is 8.42 Å². The molecule has 21 heavy (non-hydrogen) atoms. The van der Waals surface area contributed by atoms with Crippen LogP contribution in [0, 0.1) is 0 Å². The summed E-state index contributed by atoms with van der Waals surface area (Å²) in [5, 5.41) is 9.83. The summed E-state index contributed by atoms with van der Waals surface area (Å²) in [4.78, 5) is 2.18. The highest BCUT2D eigenvalue weighted by Gasteiger charge is 2.39. The van der Waals surface area contributed by atoms with Gasteiger partial charge >= 0.3 is 0 Å². The molecule has 2 atom stereocenters. The number of likely N-dealkylation sites (N-methyl/N-ethyl adjacent to an activating group) is 1. The summed E-state index contributed by atoms with van der Waals surface area (Å²) < 4.78 is 26.9. The number of benzene rings is 1. The molecule has 118 valence electrons. The topological polar surface area (TPSA) is 86.9 Å². The average molecular weight is 313 g/mol. The molecular formula is C14H23N3O3S. The second kappa shape index (κ2) is 6.41. The van der Waals surface area contributed by atoms with E-state index >= 15 is 0 Å². The van der Waals surface area contributed by atoms with Gasteiger partial charge in [-0.2, -0.15) is 4.31 Å².